The first-order valence-corrected chi connectivity index (χ1v) is 27.8. The molecule has 2 aliphatic heterocycles. The maximum absolute atomic E-state index is 14.2. The van der Waals surface area contributed by atoms with E-state index < -0.39 is 166 Å². The van der Waals surface area contributed by atoms with Gasteiger partial charge in [-0.1, -0.05) is 166 Å². The van der Waals surface area contributed by atoms with Gasteiger partial charge in [-0.3, -0.25) is 38.4 Å². The SMILES string of the molecule is CC(C)(C)CC(=O)OC[C@H]1O[C@H](O[C@H]2O[C@H](COC(=O)CC(C)(C)C)[C@@H](OC(=O)CC(C)(C)C)[C@H](OC(=O)CC(C)(C)C)[C@H]2OC(=O)CC(C)(C)C)[C@H](OC(=O)CC(C)(C)C)[C@@H](OC(=O)CC(C)(C)C)[C@@H]1OC(=O)CC(C)(C)C. The molecule has 79 heavy (non-hydrogen) atoms. The van der Waals surface area contributed by atoms with Crippen molar-refractivity contribution in [2.75, 3.05) is 13.2 Å². The molecule has 2 rings (SSSR count). The van der Waals surface area contributed by atoms with Gasteiger partial charge in [-0.15, -0.1) is 0 Å². The average molecular weight is 1130 g/mol. The van der Waals surface area contributed by atoms with Crippen LogP contribution in [0.3, 0.4) is 0 Å². The van der Waals surface area contributed by atoms with Crippen LogP contribution >= 0.6 is 0 Å². The molecule has 456 valence electrons. The van der Waals surface area contributed by atoms with Crippen LogP contribution in [0.5, 0.6) is 0 Å². The van der Waals surface area contributed by atoms with E-state index in [0.29, 0.717) is 0 Å². The third kappa shape index (κ3) is 29.3. The van der Waals surface area contributed by atoms with Crippen molar-refractivity contribution in [1.82, 2.24) is 0 Å². The molecule has 2 heterocycles. The Bertz CT molecular complexity index is 1930. The molecule has 2 fully saturated rings. The third-order valence-electron chi connectivity index (χ3n) is 11.3. The molecule has 10 atom stereocenters. The summed E-state index contributed by atoms with van der Waals surface area (Å²) in [4.78, 5) is 112. The van der Waals surface area contributed by atoms with Crippen molar-refractivity contribution in [2.45, 2.75) is 279 Å². The molecule has 0 spiro atoms. The molecule has 0 bridgehead atoms. The second-order valence-electron chi connectivity index (χ2n) is 31.2. The molecule has 0 aliphatic carbocycles. The summed E-state index contributed by atoms with van der Waals surface area (Å²) in [7, 11) is 0. The fraction of sp³-hybridized carbons (Fsp3) is 0.867. The Balaban J connectivity index is 3.21. The van der Waals surface area contributed by atoms with Crippen LogP contribution in [-0.2, 0) is 90.5 Å². The van der Waals surface area contributed by atoms with Gasteiger partial charge in [-0.05, 0) is 43.3 Å². The summed E-state index contributed by atoms with van der Waals surface area (Å²) in [5.41, 5.74) is -4.87. The van der Waals surface area contributed by atoms with Gasteiger partial charge < -0.3 is 52.1 Å². The quantitative estimate of drug-likeness (QED) is 0.0813. The maximum atomic E-state index is 14.2. The molecule has 0 aromatic carbocycles. The van der Waals surface area contributed by atoms with Gasteiger partial charge >= 0.3 is 47.8 Å². The van der Waals surface area contributed by atoms with Crippen LogP contribution in [-0.4, -0.2) is 122 Å². The lowest BCUT2D eigenvalue weighted by molar-refractivity contribution is -0.378. The summed E-state index contributed by atoms with van der Waals surface area (Å²) in [5.74, 6) is -6.01. The van der Waals surface area contributed by atoms with Crippen molar-refractivity contribution in [1.29, 1.82) is 0 Å². The number of carbonyl (C=O) groups excluding carboxylic acids is 8. The molecule has 0 unspecified atom stereocenters. The van der Waals surface area contributed by atoms with E-state index in [9.17, 15) is 38.4 Å². The number of hydrogen-bond acceptors (Lipinski definition) is 19. The zero-order valence-electron chi connectivity index (χ0n) is 52.6. The zero-order valence-corrected chi connectivity index (χ0v) is 52.6. The van der Waals surface area contributed by atoms with Crippen molar-refractivity contribution < 1.29 is 90.5 Å². The minimum absolute atomic E-state index is 0.0405. The summed E-state index contributed by atoms with van der Waals surface area (Å²) in [6, 6.07) is 0. The Morgan fingerprint density at radius 1 is 0.266 bits per heavy atom. The second kappa shape index (κ2) is 27.6. The van der Waals surface area contributed by atoms with Gasteiger partial charge in [0.15, 0.2) is 36.6 Å². The van der Waals surface area contributed by atoms with Gasteiger partial charge in [0.05, 0.1) is 51.4 Å². The van der Waals surface area contributed by atoms with Crippen LogP contribution in [0.1, 0.15) is 218 Å². The maximum Gasteiger partial charge on any atom is 0.306 e. The summed E-state index contributed by atoms with van der Waals surface area (Å²) in [6.07, 6.45) is -18.3. The van der Waals surface area contributed by atoms with Gasteiger partial charge in [0.25, 0.3) is 0 Å². The number of ether oxygens (including phenoxy) is 11. The lowest BCUT2D eigenvalue weighted by Crippen LogP contribution is -2.67. The Morgan fingerprint density at radius 2 is 0.443 bits per heavy atom. The standard InChI is InChI=1S/C60H102O19/c1-53(2,3)25-37(61)69-33-35-45(73-39(63)27-55(7,8)9)47(75-41(65)29-57(13,14)15)49(77-43(67)31-59(19,20)21)51(71-35)79-52-50(78-44(68)32-60(22,23)24)48(76-42(66)30-58(16,17)18)46(74-40(64)28-56(10,11)12)36(72-52)34-70-38(62)26-54(4,5)6/h35-36,45-52H,25-34H2,1-24H3/t35-,36-,45-,46-,47+,48+,49-,50-,51-,52-/m1/s1. The van der Waals surface area contributed by atoms with Crippen molar-refractivity contribution in [3.8, 4) is 0 Å². The Morgan fingerprint density at radius 3 is 0.646 bits per heavy atom. The lowest BCUT2D eigenvalue weighted by Gasteiger charge is -2.48. The van der Waals surface area contributed by atoms with Crippen LogP contribution in [0.25, 0.3) is 0 Å². The molecule has 2 saturated heterocycles. The molecule has 19 heteroatoms. The normalized spacial score (nSPS) is 24.6. The fourth-order valence-electron chi connectivity index (χ4n) is 8.26. The molecule has 0 aromatic heterocycles. The molecule has 0 N–H and O–H groups in total. The number of carbonyl (C=O) groups is 8. The predicted octanol–water partition coefficient (Wildman–Crippen LogP) is 10.5. The van der Waals surface area contributed by atoms with E-state index in [1.807, 2.05) is 83.1 Å². The molecule has 0 aromatic rings. The van der Waals surface area contributed by atoms with E-state index in [0.717, 1.165) is 0 Å². The van der Waals surface area contributed by atoms with E-state index in [1.165, 1.54) is 0 Å². The molecule has 19 nitrogen and oxygen atoms in total. The van der Waals surface area contributed by atoms with E-state index in [-0.39, 0.29) is 51.4 Å². The minimum atomic E-state index is -1.94. The van der Waals surface area contributed by atoms with E-state index in [4.69, 9.17) is 52.1 Å². The topological polar surface area (TPSA) is 238 Å². The van der Waals surface area contributed by atoms with Gasteiger partial charge in [0, 0.05) is 0 Å². The molecular formula is C60H102O19. The van der Waals surface area contributed by atoms with Crippen LogP contribution in [0, 0.1) is 43.3 Å². The average Bonchev–Trinajstić information content (AvgIpc) is 3.15. The Kier molecular flexibility index (Phi) is 24.7. The lowest BCUT2D eigenvalue weighted by atomic mass is 9.91. The summed E-state index contributed by atoms with van der Waals surface area (Å²) in [6.45, 7) is 42.3. The molecule has 2 aliphatic rings. The van der Waals surface area contributed by atoms with E-state index >= 15 is 0 Å². The van der Waals surface area contributed by atoms with Crippen LogP contribution in [0.4, 0.5) is 0 Å². The van der Waals surface area contributed by atoms with Crippen LogP contribution < -0.4 is 0 Å². The number of esters is 8. The van der Waals surface area contributed by atoms with Gasteiger partial charge in [-0.2, -0.15) is 0 Å². The summed E-state index contributed by atoms with van der Waals surface area (Å²) >= 11 is 0. The highest BCUT2D eigenvalue weighted by molar-refractivity contribution is 5.74. The Hall–Kier alpha value is -4.36. The molecule has 0 amide bonds. The van der Waals surface area contributed by atoms with Crippen LogP contribution in [0.15, 0.2) is 0 Å². The first-order chi connectivity index (χ1) is 35.4. The third-order valence-corrected chi connectivity index (χ3v) is 11.3. The van der Waals surface area contributed by atoms with Gasteiger partial charge in [0.1, 0.15) is 25.4 Å². The monoisotopic (exact) mass is 1130 g/mol. The van der Waals surface area contributed by atoms with E-state index in [2.05, 4.69) is 0 Å². The highest BCUT2D eigenvalue weighted by Crippen LogP contribution is 2.39. The van der Waals surface area contributed by atoms with Gasteiger partial charge in [-0.25, -0.2) is 0 Å². The van der Waals surface area contributed by atoms with Crippen molar-refractivity contribution >= 4 is 47.8 Å². The summed E-state index contributed by atoms with van der Waals surface area (Å²) in [5, 5.41) is 0. The van der Waals surface area contributed by atoms with Crippen molar-refractivity contribution in [2.24, 2.45) is 43.3 Å². The number of rotatable bonds is 20. The van der Waals surface area contributed by atoms with E-state index in [1.54, 1.807) is 83.1 Å². The number of hydrogen-bond donors (Lipinski definition) is 0. The zero-order chi connectivity index (χ0) is 61.2. The first-order valence-electron chi connectivity index (χ1n) is 27.8. The van der Waals surface area contributed by atoms with Crippen LogP contribution in [0.2, 0.25) is 0 Å². The molecule has 0 radical (unpaired) electrons. The van der Waals surface area contributed by atoms with Gasteiger partial charge in [0.2, 0.25) is 12.6 Å². The first kappa shape index (κ1) is 70.7. The minimum Gasteiger partial charge on any atom is -0.463 e. The molecular weight excluding hydrogens is 1020 g/mol. The van der Waals surface area contributed by atoms with Crippen molar-refractivity contribution in [3.63, 3.8) is 0 Å². The largest absolute Gasteiger partial charge is 0.463 e. The fourth-order valence-corrected chi connectivity index (χ4v) is 8.26. The van der Waals surface area contributed by atoms with Crippen molar-refractivity contribution in [3.05, 3.63) is 0 Å². The predicted molar refractivity (Wildman–Crippen MR) is 292 cm³/mol. The Labute approximate surface area is 472 Å². The molecule has 0 saturated carbocycles. The highest BCUT2D eigenvalue weighted by Gasteiger charge is 2.59. The highest BCUT2D eigenvalue weighted by atomic mass is 16.8. The summed E-state index contributed by atoms with van der Waals surface area (Å²) < 4.78 is 69.3. The smallest absolute Gasteiger partial charge is 0.306 e. The second-order valence-corrected chi connectivity index (χ2v) is 31.2.